The highest BCUT2D eigenvalue weighted by atomic mass is 32.1. The van der Waals surface area contributed by atoms with Crippen LogP contribution in [0.15, 0.2) is 18.5 Å². The molecule has 1 aromatic heterocycles. The summed E-state index contributed by atoms with van der Waals surface area (Å²) in [6.45, 7) is 9.23. The molecule has 126 valence electrons. The Morgan fingerprint density at radius 2 is 1.78 bits per heavy atom. The van der Waals surface area contributed by atoms with E-state index in [2.05, 4.69) is 30.0 Å². The first kappa shape index (κ1) is 16.4. The lowest BCUT2D eigenvalue weighted by Crippen LogP contribution is -2.53. The molecule has 0 saturated carbocycles. The van der Waals surface area contributed by atoms with E-state index in [0.717, 1.165) is 76.6 Å². The average molecular weight is 336 g/mol. The zero-order valence-electron chi connectivity index (χ0n) is 13.4. The van der Waals surface area contributed by atoms with Crippen LogP contribution in [0.2, 0.25) is 0 Å². The van der Waals surface area contributed by atoms with Crippen LogP contribution in [0.5, 0.6) is 0 Å². The van der Waals surface area contributed by atoms with Gasteiger partial charge in [0.05, 0.1) is 13.2 Å². The van der Waals surface area contributed by atoms with Gasteiger partial charge in [-0.05, 0) is 18.3 Å². The van der Waals surface area contributed by atoms with Gasteiger partial charge >= 0.3 is 0 Å². The SMILES string of the molecule is S=C(NCCN1CCOCC1)N1CCN(c2ncccn2)CC1. The third kappa shape index (κ3) is 4.73. The van der Waals surface area contributed by atoms with E-state index in [1.54, 1.807) is 12.4 Å². The molecule has 8 heteroatoms. The van der Waals surface area contributed by atoms with Crippen LogP contribution < -0.4 is 10.2 Å². The average Bonchev–Trinajstić information content (AvgIpc) is 2.63. The lowest BCUT2D eigenvalue weighted by Gasteiger charge is -2.36. The molecule has 0 atom stereocenters. The standard InChI is InChI=1S/C15H24N6OS/c23-15(18-4-5-19-10-12-22-13-11-19)21-8-6-20(7-9-21)14-16-2-1-3-17-14/h1-3H,4-13H2,(H,18,23). The summed E-state index contributed by atoms with van der Waals surface area (Å²) in [4.78, 5) is 15.4. The maximum absolute atomic E-state index is 5.52. The number of thiocarbonyl (C=S) groups is 1. The predicted octanol–water partition coefficient (Wildman–Crippen LogP) is -0.195. The fraction of sp³-hybridized carbons (Fsp3) is 0.667. The minimum absolute atomic E-state index is 0.804. The van der Waals surface area contributed by atoms with Crippen molar-refractivity contribution in [3.63, 3.8) is 0 Å². The number of nitrogens with one attached hydrogen (secondary N) is 1. The van der Waals surface area contributed by atoms with Crippen LogP contribution in [0.4, 0.5) is 5.95 Å². The van der Waals surface area contributed by atoms with Crippen molar-refractivity contribution in [3.05, 3.63) is 18.5 Å². The van der Waals surface area contributed by atoms with Gasteiger partial charge in [-0.15, -0.1) is 0 Å². The van der Waals surface area contributed by atoms with Crippen LogP contribution in [-0.2, 0) is 4.74 Å². The van der Waals surface area contributed by atoms with Crippen LogP contribution in [0.1, 0.15) is 0 Å². The van der Waals surface area contributed by atoms with E-state index < -0.39 is 0 Å². The van der Waals surface area contributed by atoms with Gasteiger partial charge in [0.1, 0.15) is 0 Å². The van der Waals surface area contributed by atoms with E-state index in [9.17, 15) is 0 Å². The molecule has 1 N–H and O–H groups in total. The molecule has 2 aliphatic rings. The van der Waals surface area contributed by atoms with Crippen LogP contribution in [0.25, 0.3) is 0 Å². The Morgan fingerprint density at radius 1 is 1.09 bits per heavy atom. The van der Waals surface area contributed by atoms with E-state index >= 15 is 0 Å². The minimum atomic E-state index is 0.804. The molecule has 3 heterocycles. The highest BCUT2D eigenvalue weighted by Gasteiger charge is 2.20. The van der Waals surface area contributed by atoms with Crippen molar-refractivity contribution in [2.24, 2.45) is 0 Å². The molecule has 2 saturated heterocycles. The van der Waals surface area contributed by atoms with E-state index in [0.29, 0.717) is 0 Å². The Labute approximate surface area is 142 Å². The van der Waals surface area contributed by atoms with Gasteiger partial charge < -0.3 is 19.9 Å². The fourth-order valence-electron chi connectivity index (χ4n) is 2.82. The Balaban J connectivity index is 1.36. The largest absolute Gasteiger partial charge is 0.379 e. The lowest BCUT2D eigenvalue weighted by atomic mass is 10.3. The predicted molar refractivity (Wildman–Crippen MR) is 93.7 cm³/mol. The summed E-state index contributed by atoms with van der Waals surface area (Å²) in [5.41, 5.74) is 0. The number of anilines is 1. The van der Waals surface area contributed by atoms with Crippen LogP contribution in [-0.4, -0.2) is 90.5 Å². The van der Waals surface area contributed by atoms with Gasteiger partial charge in [0.25, 0.3) is 0 Å². The van der Waals surface area contributed by atoms with Gasteiger partial charge in [-0.1, -0.05) is 0 Å². The molecule has 0 unspecified atom stereocenters. The molecule has 0 radical (unpaired) electrons. The van der Waals surface area contributed by atoms with E-state index in [-0.39, 0.29) is 0 Å². The number of ether oxygens (including phenoxy) is 1. The zero-order valence-corrected chi connectivity index (χ0v) is 14.2. The lowest BCUT2D eigenvalue weighted by molar-refractivity contribution is 0.0388. The van der Waals surface area contributed by atoms with Crippen LogP contribution in [0.3, 0.4) is 0 Å². The maximum atomic E-state index is 5.52. The maximum Gasteiger partial charge on any atom is 0.225 e. The van der Waals surface area contributed by atoms with Crippen molar-refractivity contribution in [2.75, 3.05) is 70.5 Å². The van der Waals surface area contributed by atoms with Gasteiger partial charge in [-0.2, -0.15) is 0 Å². The first-order valence-electron chi connectivity index (χ1n) is 8.18. The summed E-state index contributed by atoms with van der Waals surface area (Å²) in [5.74, 6) is 0.804. The number of rotatable bonds is 4. The molecule has 2 aliphatic heterocycles. The fourth-order valence-corrected chi connectivity index (χ4v) is 3.11. The smallest absolute Gasteiger partial charge is 0.225 e. The number of morpholine rings is 1. The second kappa shape index (κ2) is 8.37. The highest BCUT2D eigenvalue weighted by Crippen LogP contribution is 2.09. The van der Waals surface area contributed by atoms with Crippen molar-refractivity contribution < 1.29 is 4.74 Å². The van der Waals surface area contributed by atoms with Crippen LogP contribution >= 0.6 is 12.2 Å². The first-order valence-corrected chi connectivity index (χ1v) is 8.58. The van der Waals surface area contributed by atoms with Gasteiger partial charge in [0.15, 0.2) is 5.11 Å². The van der Waals surface area contributed by atoms with Gasteiger partial charge in [0.2, 0.25) is 5.95 Å². The molecule has 0 amide bonds. The molecule has 23 heavy (non-hydrogen) atoms. The Morgan fingerprint density at radius 3 is 2.48 bits per heavy atom. The summed E-state index contributed by atoms with van der Waals surface area (Å²) in [6, 6.07) is 1.84. The van der Waals surface area contributed by atoms with Crippen molar-refractivity contribution in [3.8, 4) is 0 Å². The second-order valence-corrected chi connectivity index (χ2v) is 6.10. The van der Waals surface area contributed by atoms with E-state index in [4.69, 9.17) is 17.0 Å². The van der Waals surface area contributed by atoms with Gasteiger partial charge in [-0.3, -0.25) is 4.90 Å². The number of hydrogen-bond acceptors (Lipinski definition) is 6. The zero-order chi connectivity index (χ0) is 15.9. The third-order valence-corrected chi connectivity index (χ3v) is 4.61. The minimum Gasteiger partial charge on any atom is -0.379 e. The van der Waals surface area contributed by atoms with Crippen molar-refractivity contribution in [1.82, 2.24) is 25.1 Å². The third-order valence-electron chi connectivity index (χ3n) is 4.21. The summed E-state index contributed by atoms with van der Waals surface area (Å²) in [6.07, 6.45) is 3.57. The first-order chi connectivity index (χ1) is 11.3. The molecule has 7 nitrogen and oxygen atoms in total. The summed E-state index contributed by atoms with van der Waals surface area (Å²) in [7, 11) is 0. The topological polar surface area (TPSA) is 56.8 Å². The second-order valence-electron chi connectivity index (χ2n) is 5.71. The molecule has 1 aromatic rings. The summed E-state index contributed by atoms with van der Waals surface area (Å²) >= 11 is 5.52. The molecule has 0 spiro atoms. The number of aromatic nitrogens is 2. The van der Waals surface area contributed by atoms with Crippen LogP contribution in [0, 0.1) is 0 Å². The molecule has 3 rings (SSSR count). The molecule has 0 bridgehead atoms. The Bertz CT molecular complexity index is 488. The molecule has 0 aromatic carbocycles. The van der Waals surface area contributed by atoms with Crippen molar-refractivity contribution >= 4 is 23.3 Å². The highest BCUT2D eigenvalue weighted by molar-refractivity contribution is 7.80. The van der Waals surface area contributed by atoms with Gasteiger partial charge in [0, 0.05) is 64.8 Å². The quantitative estimate of drug-likeness (QED) is 0.759. The Hall–Kier alpha value is -1.51. The van der Waals surface area contributed by atoms with E-state index in [1.807, 2.05) is 6.07 Å². The number of piperazine rings is 1. The number of hydrogen-bond donors (Lipinski definition) is 1. The molecule has 0 aliphatic carbocycles. The molecular formula is C15H24N6OS. The molecule has 2 fully saturated rings. The van der Waals surface area contributed by atoms with Crippen molar-refractivity contribution in [2.45, 2.75) is 0 Å². The summed E-state index contributed by atoms with van der Waals surface area (Å²) in [5, 5.41) is 4.23. The monoisotopic (exact) mass is 336 g/mol. The van der Waals surface area contributed by atoms with E-state index in [1.165, 1.54) is 0 Å². The normalized spacial score (nSPS) is 19.7. The Kier molecular flexibility index (Phi) is 5.95. The number of nitrogens with zero attached hydrogens (tertiary/aromatic N) is 5. The van der Waals surface area contributed by atoms with Crippen molar-refractivity contribution in [1.29, 1.82) is 0 Å². The summed E-state index contributed by atoms with van der Waals surface area (Å²) < 4.78 is 5.36. The molecular weight excluding hydrogens is 312 g/mol. The van der Waals surface area contributed by atoms with Gasteiger partial charge in [-0.25, -0.2) is 9.97 Å².